The van der Waals surface area contributed by atoms with Crippen molar-refractivity contribution in [1.29, 1.82) is 0 Å². The lowest BCUT2D eigenvalue weighted by Gasteiger charge is -2.39. The molecule has 0 bridgehead atoms. The highest BCUT2D eigenvalue weighted by molar-refractivity contribution is 8.00. The van der Waals surface area contributed by atoms with Crippen molar-refractivity contribution in [3.63, 3.8) is 0 Å². The fraction of sp³-hybridized carbons (Fsp3) is 0.800. The Balaban J connectivity index is 2.97. The Kier molecular flexibility index (Phi) is 5.06. The molecule has 0 aromatic carbocycles. The maximum atomic E-state index is 12.3. The summed E-state index contributed by atoms with van der Waals surface area (Å²) >= 11 is 1.41. The monoisotopic (exact) mass is 299 g/mol. The molecule has 4 nitrogen and oxygen atoms in total. The largest absolute Gasteiger partial charge is 0.299 e. The van der Waals surface area contributed by atoms with Gasteiger partial charge in [-0.25, -0.2) is 0 Å². The van der Waals surface area contributed by atoms with Gasteiger partial charge in [-0.1, -0.05) is 20.8 Å². The van der Waals surface area contributed by atoms with Crippen LogP contribution >= 0.6 is 11.8 Å². The number of hydrogen-bond donors (Lipinski definition) is 0. The van der Waals surface area contributed by atoms with Gasteiger partial charge in [-0.3, -0.25) is 19.3 Å². The molecule has 0 N–H and O–H groups in total. The fourth-order valence-electron chi connectivity index (χ4n) is 3.16. The van der Waals surface area contributed by atoms with Crippen LogP contribution in [0.4, 0.5) is 0 Å². The molecule has 0 aromatic rings. The van der Waals surface area contributed by atoms with Crippen LogP contribution in [0.3, 0.4) is 0 Å². The maximum absolute atomic E-state index is 12.3. The number of hydrogen-bond acceptors (Lipinski definition) is 4. The summed E-state index contributed by atoms with van der Waals surface area (Å²) in [5, 5.41) is -0.272. The van der Waals surface area contributed by atoms with Crippen molar-refractivity contribution >= 4 is 29.4 Å². The number of rotatable bonds is 6. The standard InChI is InChI=1S/C15H25NO3S/c1-7-11(17)14(2,3)9-15(4,5)16-12(18)8-10(20-6)13(16)19/h10H,7-9H2,1-6H3. The topological polar surface area (TPSA) is 54.5 Å². The van der Waals surface area contributed by atoms with Gasteiger partial charge in [0.25, 0.3) is 0 Å². The Bertz CT molecular complexity index is 429. The van der Waals surface area contributed by atoms with Crippen LogP contribution in [0.15, 0.2) is 0 Å². The molecule has 1 fully saturated rings. The Hall–Kier alpha value is -0.840. The first kappa shape index (κ1) is 17.2. The van der Waals surface area contributed by atoms with E-state index >= 15 is 0 Å². The Morgan fingerprint density at radius 3 is 2.25 bits per heavy atom. The van der Waals surface area contributed by atoms with Gasteiger partial charge >= 0.3 is 0 Å². The number of likely N-dealkylation sites (tertiary alicyclic amines) is 1. The number of carbonyl (C=O) groups is 3. The van der Waals surface area contributed by atoms with Crippen molar-refractivity contribution < 1.29 is 14.4 Å². The zero-order valence-corrected chi connectivity index (χ0v) is 14.1. The molecule has 114 valence electrons. The second-order valence-electron chi connectivity index (χ2n) is 6.65. The van der Waals surface area contributed by atoms with Gasteiger partial charge in [0.15, 0.2) is 0 Å². The van der Waals surface area contributed by atoms with E-state index in [1.807, 2.05) is 40.9 Å². The van der Waals surface area contributed by atoms with Gasteiger partial charge in [0.05, 0.1) is 5.25 Å². The van der Waals surface area contributed by atoms with E-state index in [-0.39, 0.29) is 29.3 Å². The molecule has 1 rings (SSSR count). The number of Topliss-reactive ketones (excluding diaryl/α,β-unsaturated/α-hetero) is 1. The SMILES string of the molecule is CCC(=O)C(C)(C)CC(C)(C)N1C(=O)CC(SC)C1=O. The Morgan fingerprint density at radius 1 is 1.30 bits per heavy atom. The van der Waals surface area contributed by atoms with Crippen LogP contribution in [-0.4, -0.2) is 39.5 Å². The molecule has 0 radical (unpaired) electrons. The molecule has 5 heteroatoms. The third-order valence-corrected chi connectivity index (χ3v) is 4.88. The molecule has 1 aliphatic rings. The van der Waals surface area contributed by atoms with Gasteiger partial charge in [-0.15, -0.1) is 0 Å². The van der Waals surface area contributed by atoms with E-state index in [1.54, 1.807) is 0 Å². The number of carbonyl (C=O) groups excluding carboxylic acids is 3. The van der Waals surface area contributed by atoms with E-state index in [9.17, 15) is 14.4 Å². The van der Waals surface area contributed by atoms with Crippen LogP contribution in [-0.2, 0) is 14.4 Å². The van der Waals surface area contributed by atoms with Crippen LogP contribution in [0.2, 0.25) is 0 Å². The lowest BCUT2D eigenvalue weighted by molar-refractivity contribution is -0.147. The minimum Gasteiger partial charge on any atom is -0.299 e. The van der Waals surface area contributed by atoms with Crippen LogP contribution in [0, 0.1) is 5.41 Å². The highest BCUT2D eigenvalue weighted by Gasteiger charge is 2.48. The summed E-state index contributed by atoms with van der Waals surface area (Å²) in [5.74, 6) is -0.0857. The first-order valence-corrected chi connectivity index (χ1v) is 8.28. The number of ketones is 1. The minimum atomic E-state index is -0.632. The molecule has 0 aliphatic carbocycles. The summed E-state index contributed by atoms with van der Waals surface area (Å²) in [7, 11) is 0. The third kappa shape index (κ3) is 3.25. The molecule has 0 spiro atoms. The normalized spacial score (nSPS) is 20.7. The van der Waals surface area contributed by atoms with E-state index in [0.717, 1.165) is 0 Å². The molecular formula is C15H25NO3S. The number of imide groups is 1. The van der Waals surface area contributed by atoms with Gasteiger partial charge in [0, 0.05) is 23.8 Å². The van der Waals surface area contributed by atoms with Crippen molar-refractivity contribution in [2.24, 2.45) is 5.41 Å². The molecule has 1 unspecified atom stereocenters. The highest BCUT2D eigenvalue weighted by Crippen LogP contribution is 2.37. The van der Waals surface area contributed by atoms with Crippen LogP contribution in [0.5, 0.6) is 0 Å². The summed E-state index contributed by atoms with van der Waals surface area (Å²) in [5.41, 5.74) is -1.16. The summed E-state index contributed by atoms with van der Waals surface area (Å²) in [6.45, 7) is 9.36. The van der Waals surface area contributed by atoms with E-state index in [2.05, 4.69) is 0 Å². The predicted molar refractivity (Wildman–Crippen MR) is 81.5 cm³/mol. The van der Waals surface area contributed by atoms with Crippen molar-refractivity contribution in [2.75, 3.05) is 6.26 Å². The Morgan fingerprint density at radius 2 is 1.85 bits per heavy atom. The van der Waals surface area contributed by atoms with Crippen molar-refractivity contribution in [3.05, 3.63) is 0 Å². The summed E-state index contributed by atoms with van der Waals surface area (Å²) < 4.78 is 0. The third-order valence-electron chi connectivity index (χ3n) is 3.95. The maximum Gasteiger partial charge on any atom is 0.243 e. The lowest BCUT2D eigenvalue weighted by atomic mass is 9.75. The van der Waals surface area contributed by atoms with Crippen LogP contribution in [0.1, 0.15) is 53.9 Å². The van der Waals surface area contributed by atoms with Gasteiger partial charge < -0.3 is 0 Å². The van der Waals surface area contributed by atoms with Crippen molar-refractivity contribution in [2.45, 2.75) is 64.7 Å². The van der Waals surface area contributed by atoms with Gasteiger partial charge in [-0.05, 0) is 26.5 Å². The summed E-state index contributed by atoms with van der Waals surface area (Å²) in [6.07, 6.45) is 3.08. The van der Waals surface area contributed by atoms with Crippen LogP contribution < -0.4 is 0 Å². The molecule has 1 heterocycles. The quantitative estimate of drug-likeness (QED) is 0.708. The second kappa shape index (κ2) is 5.88. The van der Waals surface area contributed by atoms with Crippen molar-refractivity contribution in [3.8, 4) is 0 Å². The van der Waals surface area contributed by atoms with E-state index in [1.165, 1.54) is 16.7 Å². The lowest BCUT2D eigenvalue weighted by Crippen LogP contribution is -2.51. The highest BCUT2D eigenvalue weighted by atomic mass is 32.2. The van der Waals surface area contributed by atoms with E-state index in [0.29, 0.717) is 12.8 Å². The predicted octanol–water partition coefficient (Wildman–Crippen LogP) is 2.65. The summed E-state index contributed by atoms with van der Waals surface area (Å²) in [4.78, 5) is 37.8. The Labute approximate surface area is 125 Å². The smallest absolute Gasteiger partial charge is 0.243 e. The summed E-state index contributed by atoms with van der Waals surface area (Å²) in [6, 6.07) is 0. The zero-order chi connectivity index (χ0) is 15.7. The van der Waals surface area contributed by atoms with E-state index in [4.69, 9.17) is 0 Å². The van der Waals surface area contributed by atoms with Gasteiger partial charge in [-0.2, -0.15) is 11.8 Å². The second-order valence-corrected chi connectivity index (χ2v) is 7.69. The van der Waals surface area contributed by atoms with Gasteiger partial charge in [0.2, 0.25) is 11.8 Å². The molecular weight excluding hydrogens is 274 g/mol. The molecule has 1 aliphatic heterocycles. The first-order valence-electron chi connectivity index (χ1n) is 7.00. The number of amides is 2. The minimum absolute atomic E-state index is 0.118. The molecule has 20 heavy (non-hydrogen) atoms. The average Bonchev–Trinajstić information content (AvgIpc) is 2.62. The first-order chi connectivity index (χ1) is 9.06. The number of nitrogens with zero attached hydrogens (tertiary/aromatic N) is 1. The number of thioether (sulfide) groups is 1. The molecule has 0 aromatic heterocycles. The van der Waals surface area contributed by atoms with E-state index < -0.39 is 11.0 Å². The van der Waals surface area contributed by atoms with Crippen molar-refractivity contribution in [1.82, 2.24) is 4.90 Å². The zero-order valence-electron chi connectivity index (χ0n) is 13.3. The molecule has 1 saturated heterocycles. The molecule has 0 saturated carbocycles. The molecule has 1 atom stereocenters. The fourth-order valence-corrected chi connectivity index (χ4v) is 3.78. The van der Waals surface area contributed by atoms with Gasteiger partial charge in [0.1, 0.15) is 5.78 Å². The average molecular weight is 299 g/mol. The van der Waals surface area contributed by atoms with Crippen LogP contribution in [0.25, 0.3) is 0 Å². The molecule has 2 amide bonds.